The second-order valence-electron chi connectivity index (χ2n) is 6.86. The number of nitrogens with one attached hydrogen (secondary N) is 1. The van der Waals surface area contributed by atoms with Crippen LogP contribution in [0.2, 0.25) is 0 Å². The zero-order chi connectivity index (χ0) is 23.4. The molecule has 0 radical (unpaired) electrons. The van der Waals surface area contributed by atoms with Gasteiger partial charge in [-0.1, -0.05) is 34.1 Å². The number of benzene rings is 3. The Morgan fingerprint density at radius 1 is 1.18 bits per heavy atom. The SMILES string of the molecule is N#Cc1ccccc1COc1ccc(/C=N\NC(=O)c2cc3cc(Br)cc(Br)c3o2)cc1I. The second-order valence-corrected chi connectivity index (χ2v) is 9.80. The van der Waals surface area contributed by atoms with Gasteiger partial charge in [0.25, 0.3) is 0 Å². The second kappa shape index (κ2) is 10.5. The summed E-state index contributed by atoms with van der Waals surface area (Å²) in [7, 11) is 0. The molecule has 0 atom stereocenters. The van der Waals surface area contributed by atoms with Gasteiger partial charge in [-0.15, -0.1) is 0 Å². The molecule has 1 amide bonds. The lowest BCUT2D eigenvalue weighted by Crippen LogP contribution is -2.16. The number of carbonyl (C=O) groups is 1. The number of hydrogen-bond donors (Lipinski definition) is 1. The van der Waals surface area contributed by atoms with E-state index in [1.165, 1.54) is 0 Å². The van der Waals surface area contributed by atoms with Gasteiger partial charge in [0.05, 0.1) is 25.9 Å². The van der Waals surface area contributed by atoms with Crippen molar-refractivity contribution >= 4 is 77.5 Å². The summed E-state index contributed by atoms with van der Waals surface area (Å²) in [5.41, 5.74) is 5.29. The zero-order valence-corrected chi connectivity index (χ0v) is 22.1. The van der Waals surface area contributed by atoms with Gasteiger partial charge in [-0.05, 0) is 86.5 Å². The van der Waals surface area contributed by atoms with E-state index in [0.717, 1.165) is 29.0 Å². The highest BCUT2D eigenvalue weighted by Gasteiger charge is 2.14. The van der Waals surface area contributed by atoms with Gasteiger partial charge in [0.2, 0.25) is 0 Å². The molecule has 9 heteroatoms. The van der Waals surface area contributed by atoms with Crippen LogP contribution < -0.4 is 10.2 Å². The molecule has 4 aromatic rings. The third kappa shape index (κ3) is 5.63. The molecule has 0 spiro atoms. The predicted molar refractivity (Wildman–Crippen MR) is 141 cm³/mol. The standard InChI is InChI=1S/C24H14Br2IN3O3/c25-18-8-17-9-22(33-23(17)19(26)10-18)24(31)30-29-12-14-5-6-21(20(27)7-14)32-13-16-4-2-1-3-15(16)11-28/h1-10,12H,13H2,(H,30,31)/b29-12-. The number of nitriles is 1. The van der Waals surface area contributed by atoms with E-state index in [2.05, 4.69) is 71.0 Å². The molecule has 0 saturated carbocycles. The molecule has 1 heterocycles. The van der Waals surface area contributed by atoms with Crippen LogP contribution in [-0.2, 0) is 6.61 Å². The summed E-state index contributed by atoms with van der Waals surface area (Å²) < 4.78 is 14.0. The summed E-state index contributed by atoms with van der Waals surface area (Å²) in [6.07, 6.45) is 1.55. The molecule has 1 aromatic heterocycles. The first-order chi connectivity index (χ1) is 15.9. The molecular weight excluding hydrogens is 665 g/mol. The van der Waals surface area contributed by atoms with Gasteiger partial charge >= 0.3 is 5.91 Å². The van der Waals surface area contributed by atoms with E-state index in [0.29, 0.717) is 23.5 Å². The van der Waals surface area contributed by atoms with Crippen LogP contribution >= 0.6 is 54.5 Å². The Morgan fingerprint density at radius 2 is 2.00 bits per heavy atom. The van der Waals surface area contributed by atoms with Crippen molar-refractivity contribution in [2.24, 2.45) is 5.10 Å². The van der Waals surface area contributed by atoms with Crippen LogP contribution in [-0.4, -0.2) is 12.1 Å². The minimum absolute atomic E-state index is 0.164. The normalized spacial score (nSPS) is 11.0. The van der Waals surface area contributed by atoms with Gasteiger partial charge in [0.15, 0.2) is 5.76 Å². The molecule has 164 valence electrons. The number of hydrazone groups is 1. The molecule has 0 unspecified atom stereocenters. The van der Waals surface area contributed by atoms with Crippen LogP contribution in [0.4, 0.5) is 0 Å². The molecule has 0 fully saturated rings. The third-order valence-electron chi connectivity index (χ3n) is 4.62. The van der Waals surface area contributed by atoms with E-state index in [4.69, 9.17) is 9.15 Å². The molecule has 1 N–H and O–H groups in total. The van der Waals surface area contributed by atoms with Crippen molar-refractivity contribution in [2.45, 2.75) is 6.61 Å². The summed E-state index contributed by atoms with van der Waals surface area (Å²) in [5, 5.41) is 14.0. The van der Waals surface area contributed by atoms with Crippen molar-refractivity contribution in [1.29, 1.82) is 5.26 Å². The molecule has 0 aliphatic rings. The smallest absolute Gasteiger partial charge is 0.307 e. The Kier molecular flexibility index (Phi) is 7.47. The number of amides is 1. The number of halogens is 3. The Labute approximate surface area is 220 Å². The fourth-order valence-corrected chi connectivity index (χ4v) is 5.07. The molecule has 0 aliphatic heterocycles. The number of hydrogen-bond acceptors (Lipinski definition) is 5. The largest absolute Gasteiger partial charge is 0.488 e. The van der Waals surface area contributed by atoms with Gasteiger partial charge in [-0.25, -0.2) is 5.43 Å². The number of furan rings is 1. The molecule has 0 saturated heterocycles. The van der Waals surface area contributed by atoms with E-state index < -0.39 is 5.91 Å². The highest BCUT2D eigenvalue weighted by Crippen LogP contribution is 2.31. The number of nitrogens with zero attached hydrogens (tertiary/aromatic N) is 2. The predicted octanol–water partition coefficient (Wildman–Crippen LogP) is 6.78. The molecule has 0 aliphatic carbocycles. The number of fused-ring (bicyclic) bond motifs is 1. The number of carbonyl (C=O) groups excluding carboxylic acids is 1. The van der Waals surface area contributed by atoms with Crippen molar-refractivity contribution in [3.63, 3.8) is 0 Å². The molecule has 6 nitrogen and oxygen atoms in total. The summed E-state index contributed by atoms with van der Waals surface area (Å²) in [5.74, 6) is 0.414. The van der Waals surface area contributed by atoms with Crippen molar-refractivity contribution in [2.75, 3.05) is 0 Å². The minimum atomic E-state index is -0.448. The zero-order valence-electron chi connectivity index (χ0n) is 16.8. The lowest BCUT2D eigenvalue weighted by molar-refractivity contribution is 0.0929. The maximum absolute atomic E-state index is 12.4. The van der Waals surface area contributed by atoms with Gasteiger partial charge in [-0.2, -0.15) is 10.4 Å². The molecule has 3 aromatic carbocycles. The lowest BCUT2D eigenvalue weighted by atomic mass is 10.1. The Hall–Kier alpha value is -2.68. The number of rotatable bonds is 6. The molecular formula is C24H14Br2IN3O3. The lowest BCUT2D eigenvalue weighted by Gasteiger charge is -2.10. The summed E-state index contributed by atoms with van der Waals surface area (Å²) in [4.78, 5) is 12.4. The Balaban J connectivity index is 1.39. The van der Waals surface area contributed by atoms with E-state index in [9.17, 15) is 10.1 Å². The molecule has 0 bridgehead atoms. The first kappa shape index (κ1) is 23.5. The van der Waals surface area contributed by atoms with Crippen LogP contribution in [0.3, 0.4) is 0 Å². The molecule has 4 rings (SSSR count). The average molecular weight is 679 g/mol. The topological polar surface area (TPSA) is 87.6 Å². The summed E-state index contributed by atoms with van der Waals surface area (Å²) >= 11 is 9.02. The van der Waals surface area contributed by atoms with Crippen LogP contribution in [0.25, 0.3) is 11.0 Å². The fourth-order valence-electron chi connectivity index (χ4n) is 3.03. The van der Waals surface area contributed by atoms with E-state index in [-0.39, 0.29) is 5.76 Å². The number of ether oxygens (including phenoxy) is 1. The van der Waals surface area contributed by atoms with Crippen molar-refractivity contribution < 1.29 is 13.9 Å². The molecule has 33 heavy (non-hydrogen) atoms. The van der Waals surface area contributed by atoms with Gasteiger partial charge < -0.3 is 9.15 Å². The fraction of sp³-hybridized carbons (Fsp3) is 0.0417. The highest BCUT2D eigenvalue weighted by atomic mass is 127. The van der Waals surface area contributed by atoms with Crippen LogP contribution in [0.5, 0.6) is 5.75 Å². The van der Waals surface area contributed by atoms with E-state index in [1.54, 1.807) is 18.3 Å². The van der Waals surface area contributed by atoms with E-state index in [1.807, 2.05) is 48.5 Å². The monoisotopic (exact) mass is 677 g/mol. The maximum atomic E-state index is 12.4. The summed E-state index contributed by atoms with van der Waals surface area (Å²) in [6, 6.07) is 20.4. The maximum Gasteiger partial charge on any atom is 0.307 e. The van der Waals surface area contributed by atoms with Crippen LogP contribution in [0.15, 0.2) is 79.1 Å². The van der Waals surface area contributed by atoms with Crippen molar-refractivity contribution in [1.82, 2.24) is 5.43 Å². The van der Waals surface area contributed by atoms with Gasteiger partial charge in [0, 0.05) is 15.4 Å². The van der Waals surface area contributed by atoms with Gasteiger partial charge in [0.1, 0.15) is 17.9 Å². The van der Waals surface area contributed by atoms with Crippen LogP contribution in [0, 0.1) is 14.9 Å². The highest BCUT2D eigenvalue weighted by molar-refractivity contribution is 14.1. The Bertz CT molecular complexity index is 1430. The van der Waals surface area contributed by atoms with E-state index >= 15 is 0 Å². The van der Waals surface area contributed by atoms with Crippen LogP contribution in [0.1, 0.15) is 27.2 Å². The minimum Gasteiger partial charge on any atom is -0.488 e. The van der Waals surface area contributed by atoms with Crippen molar-refractivity contribution in [3.8, 4) is 11.8 Å². The third-order valence-corrected chi connectivity index (χ3v) is 6.51. The first-order valence-corrected chi connectivity index (χ1v) is 12.2. The van der Waals surface area contributed by atoms with Crippen molar-refractivity contribution in [3.05, 3.63) is 95.6 Å². The Morgan fingerprint density at radius 3 is 2.79 bits per heavy atom. The average Bonchev–Trinajstić information content (AvgIpc) is 3.23. The first-order valence-electron chi connectivity index (χ1n) is 9.57. The van der Waals surface area contributed by atoms with Gasteiger partial charge in [-0.3, -0.25) is 4.79 Å². The quantitative estimate of drug-likeness (QED) is 0.138. The summed E-state index contributed by atoms with van der Waals surface area (Å²) in [6.45, 7) is 0.299.